The highest BCUT2D eigenvalue weighted by Crippen LogP contribution is 2.28. The van der Waals surface area contributed by atoms with Crippen LogP contribution in [0.15, 0.2) is 24.3 Å². The molecule has 1 aliphatic heterocycles. The zero-order valence-electron chi connectivity index (χ0n) is 8.60. The first-order chi connectivity index (χ1) is 7.79. The molecule has 2 rings (SSSR count). The smallest absolute Gasteiger partial charge is 0.262 e. The lowest BCUT2D eigenvalue weighted by atomic mass is 10.1. The SMILES string of the molecule is O=CCC=Cc1ccc2c(c1)NC(=O)CO2. The highest BCUT2D eigenvalue weighted by atomic mass is 16.5. The molecule has 0 saturated carbocycles. The Labute approximate surface area is 92.9 Å². The van der Waals surface area contributed by atoms with Crippen LogP contribution in [-0.2, 0) is 9.59 Å². The van der Waals surface area contributed by atoms with Crippen LogP contribution in [0.5, 0.6) is 5.75 Å². The van der Waals surface area contributed by atoms with Crippen molar-refractivity contribution in [2.45, 2.75) is 6.42 Å². The Morgan fingerprint density at radius 1 is 1.44 bits per heavy atom. The molecule has 4 heteroatoms. The Hall–Kier alpha value is -2.10. The van der Waals surface area contributed by atoms with Crippen LogP contribution in [0, 0.1) is 0 Å². The maximum atomic E-state index is 11.1. The average molecular weight is 217 g/mol. The molecule has 1 N–H and O–H groups in total. The van der Waals surface area contributed by atoms with E-state index in [1.165, 1.54) is 0 Å². The molecule has 82 valence electrons. The number of amides is 1. The van der Waals surface area contributed by atoms with Gasteiger partial charge in [0.25, 0.3) is 5.91 Å². The van der Waals surface area contributed by atoms with Crippen molar-refractivity contribution in [1.29, 1.82) is 0 Å². The Morgan fingerprint density at radius 2 is 2.31 bits per heavy atom. The number of nitrogens with one attached hydrogen (secondary N) is 1. The summed E-state index contributed by atoms with van der Waals surface area (Å²) in [5.41, 5.74) is 1.59. The molecule has 0 unspecified atom stereocenters. The Balaban J connectivity index is 2.21. The van der Waals surface area contributed by atoms with E-state index in [4.69, 9.17) is 4.74 Å². The Morgan fingerprint density at radius 3 is 3.12 bits per heavy atom. The van der Waals surface area contributed by atoms with E-state index in [1.54, 1.807) is 12.1 Å². The molecule has 0 radical (unpaired) electrons. The van der Waals surface area contributed by atoms with Crippen molar-refractivity contribution in [3.05, 3.63) is 29.8 Å². The summed E-state index contributed by atoms with van der Waals surface area (Å²) in [5.74, 6) is 0.522. The average Bonchev–Trinajstić information content (AvgIpc) is 2.29. The van der Waals surface area contributed by atoms with Gasteiger partial charge in [-0.3, -0.25) is 4.79 Å². The number of benzene rings is 1. The van der Waals surface area contributed by atoms with Crippen molar-refractivity contribution in [3.8, 4) is 5.75 Å². The summed E-state index contributed by atoms with van der Waals surface area (Å²) in [7, 11) is 0. The highest BCUT2D eigenvalue weighted by molar-refractivity contribution is 5.95. The lowest BCUT2D eigenvalue weighted by molar-refractivity contribution is -0.118. The summed E-state index contributed by atoms with van der Waals surface area (Å²) >= 11 is 0. The quantitative estimate of drug-likeness (QED) is 0.783. The van der Waals surface area contributed by atoms with Crippen molar-refractivity contribution in [2.75, 3.05) is 11.9 Å². The van der Waals surface area contributed by atoms with Crippen LogP contribution in [0.25, 0.3) is 6.08 Å². The Kier molecular flexibility index (Phi) is 3.00. The number of hydrogen-bond acceptors (Lipinski definition) is 3. The molecule has 0 aliphatic carbocycles. The molecule has 4 nitrogen and oxygen atoms in total. The van der Waals surface area contributed by atoms with E-state index >= 15 is 0 Å². The fourth-order valence-electron chi connectivity index (χ4n) is 1.46. The number of fused-ring (bicyclic) bond motifs is 1. The first-order valence-corrected chi connectivity index (χ1v) is 4.96. The summed E-state index contributed by atoms with van der Waals surface area (Å²) < 4.78 is 5.22. The van der Waals surface area contributed by atoms with E-state index in [0.717, 1.165) is 11.8 Å². The molecule has 0 fully saturated rings. The van der Waals surface area contributed by atoms with Gasteiger partial charge in [-0.2, -0.15) is 0 Å². The molecule has 1 aromatic rings. The number of carbonyl (C=O) groups excluding carboxylic acids is 2. The van der Waals surface area contributed by atoms with Crippen molar-refractivity contribution in [2.24, 2.45) is 0 Å². The monoisotopic (exact) mass is 217 g/mol. The number of aldehydes is 1. The zero-order chi connectivity index (χ0) is 11.4. The van der Waals surface area contributed by atoms with E-state index in [0.29, 0.717) is 17.9 Å². The summed E-state index contributed by atoms with van der Waals surface area (Å²) in [6, 6.07) is 5.49. The maximum Gasteiger partial charge on any atom is 0.262 e. The van der Waals surface area contributed by atoms with Crippen LogP contribution in [-0.4, -0.2) is 18.8 Å². The maximum absolute atomic E-state index is 11.1. The first kappa shape index (κ1) is 10.4. The van der Waals surface area contributed by atoms with Gasteiger partial charge in [0, 0.05) is 6.42 Å². The van der Waals surface area contributed by atoms with Gasteiger partial charge in [0.2, 0.25) is 0 Å². The van der Waals surface area contributed by atoms with Gasteiger partial charge in [0.1, 0.15) is 12.0 Å². The molecule has 16 heavy (non-hydrogen) atoms. The number of rotatable bonds is 3. The van der Waals surface area contributed by atoms with Gasteiger partial charge in [-0.15, -0.1) is 0 Å². The van der Waals surface area contributed by atoms with E-state index in [-0.39, 0.29) is 12.5 Å². The van der Waals surface area contributed by atoms with E-state index in [9.17, 15) is 9.59 Å². The van der Waals surface area contributed by atoms with Crippen LogP contribution >= 0.6 is 0 Å². The van der Waals surface area contributed by atoms with Crippen LogP contribution in [0.2, 0.25) is 0 Å². The number of allylic oxidation sites excluding steroid dienone is 1. The third kappa shape index (κ3) is 2.28. The normalized spacial score (nSPS) is 14.1. The zero-order valence-corrected chi connectivity index (χ0v) is 8.60. The van der Waals surface area contributed by atoms with Crippen molar-refractivity contribution < 1.29 is 14.3 Å². The summed E-state index contributed by atoms with van der Waals surface area (Å²) in [4.78, 5) is 21.2. The molecule has 0 saturated heterocycles. The minimum atomic E-state index is -0.151. The molecule has 0 aromatic heterocycles. The van der Waals surface area contributed by atoms with E-state index in [2.05, 4.69) is 5.32 Å². The topological polar surface area (TPSA) is 55.4 Å². The second-order valence-electron chi connectivity index (χ2n) is 3.40. The lowest BCUT2D eigenvalue weighted by Gasteiger charge is -2.17. The second-order valence-corrected chi connectivity index (χ2v) is 3.40. The standard InChI is InChI=1S/C12H11NO3/c14-6-2-1-3-9-4-5-11-10(7-9)13-12(15)8-16-11/h1,3-7H,2,8H2,(H,13,15). The fourth-order valence-corrected chi connectivity index (χ4v) is 1.46. The molecular formula is C12H11NO3. The summed E-state index contributed by atoms with van der Waals surface area (Å²) in [6.07, 6.45) is 4.81. The number of hydrogen-bond donors (Lipinski definition) is 1. The third-order valence-electron chi connectivity index (χ3n) is 2.18. The molecule has 0 atom stereocenters. The van der Waals surface area contributed by atoms with Gasteiger partial charge in [-0.05, 0) is 17.7 Å². The van der Waals surface area contributed by atoms with Crippen molar-refractivity contribution in [3.63, 3.8) is 0 Å². The summed E-state index contributed by atoms with van der Waals surface area (Å²) in [6.45, 7) is 0.0628. The van der Waals surface area contributed by atoms with Gasteiger partial charge in [0.15, 0.2) is 6.61 Å². The number of ether oxygens (including phenoxy) is 1. The number of anilines is 1. The molecule has 1 heterocycles. The third-order valence-corrected chi connectivity index (χ3v) is 2.18. The predicted molar refractivity (Wildman–Crippen MR) is 60.3 cm³/mol. The Bertz CT molecular complexity index is 452. The molecule has 0 bridgehead atoms. The van der Waals surface area contributed by atoms with E-state index < -0.39 is 0 Å². The van der Waals surface area contributed by atoms with Gasteiger partial charge in [-0.1, -0.05) is 18.2 Å². The molecule has 1 aliphatic rings. The van der Waals surface area contributed by atoms with Crippen LogP contribution < -0.4 is 10.1 Å². The molecule has 1 amide bonds. The summed E-state index contributed by atoms with van der Waals surface area (Å²) in [5, 5.41) is 2.72. The fraction of sp³-hybridized carbons (Fsp3) is 0.167. The van der Waals surface area contributed by atoms with E-state index in [1.807, 2.05) is 18.2 Å². The van der Waals surface area contributed by atoms with Gasteiger partial charge in [0.05, 0.1) is 5.69 Å². The first-order valence-electron chi connectivity index (χ1n) is 4.96. The van der Waals surface area contributed by atoms with Gasteiger partial charge < -0.3 is 14.8 Å². The van der Waals surface area contributed by atoms with Crippen LogP contribution in [0.3, 0.4) is 0 Å². The van der Waals surface area contributed by atoms with Crippen LogP contribution in [0.4, 0.5) is 5.69 Å². The van der Waals surface area contributed by atoms with Gasteiger partial charge >= 0.3 is 0 Å². The molecule has 1 aromatic carbocycles. The minimum absolute atomic E-state index is 0.0628. The van der Waals surface area contributed by atoms with Gasteiger partial charge in [-0.25, -0.2) is 0 Å². The molecule has 0 spiro atoms. The minimum Gasteiger partial charge on any atom is -0.482 e. The van der Waals surface area contributed by atoms with Crippen molar-refractivity contribution >= 4 is 24.0 Å². The number of carbonyl (C=O) groups is 2. The van der Waals surface area contributed by atoms with Crippen LogP contribution in [0.1, 0.15) is 12.0 Å². The molecular weight excluding hydrogens is 206 g/mol. The lowest BCUT2D eigenvalue weighted by Crippen LogP contribution is -2.25. The van der Waals surface area contributed by atoms with Crippen molar-refractivity contribution in [1.82, 2.24) is 0 Å². The largest absolute Gasteiger partial charge is 0.482 e. The second kappa shape index (κ2) is 4.61. The predicted octanol–water partition coefficient (Wildman–Crippen LogP) is 1.62. The highest BCUT2D eigenvalue weighted by Gasteiger charge is 2.15.